The normalized spacial score (nSPS) is 11.7. The van der Waals surface area contributed by atoms with E-state index in [0.29, 0.717) is 21.6 Å². The highest BCUT2D eigenvalue weighted by Gasteiger charge is 2.16. The summed E-state index contributed by atoms with van der Waals surface area (Å²) in [6, 6.07) is 14.3. The van der Waals surface area contributed by atoms with E-state index < -0.39 is 10.0 Å². The monoisotopic (exact) mass is 459 g/mol. The van der Waals surface area contributed by atoms with Crippen molar-refractivity contribution in [1.82, 2.24) is 24.5 Å². The summed E-state index contributed by atoms with van der Waals surface area (Å²) < 4.78 is 40.0. The van der Waals surface area contributed by atoms with Crippen molar-refractivity contribution < 1.29 is 17.9 Å². The molecule has 3 aromatic heterocycles. The molecule has 0 aliphatic heterocycles. The third kappa shape index (κ3) is 4.68. The van der Waals surface area contributed by atoms with Gasteiger partial charge in [0.2, 0.25) is 15.9 Å². The van der Waals surface area contributed by atoms with E-state index in [1.807, 2.05) is 37.3 Å². The minimum Gasteiger partial charge on any atom is -0.497 e. The molecular weight excluding hydrogens is 438 g/mol. The maximum atomic E-state index is 12.4. The van der Waals surface area contributed by atoms with Crippen LogP contribution in [0.15, 0.2) is 52.7 Å². The number of benzene rings is 1. The highest BCUT2D eigenvalue weighted by atomic mass is 32.2. The maximum absolute atomic E-state index is 12.4. The van der Waals surface area contributed by atoms with Crippen LogP contribution in [-0.2, 0) is 16.4 Å². The van der Waals surface area contributed by atoms with Crippen LogP contribution in [0.1, 0.15) is 11.8 Å². The Kier molecular flexibility index (Phi) is 6.16. The van der Waals surface area contributed by atoms with Crippen molar-refractivity contribution in [2.75, 3.05) is 20.3 Å². The molecule has 0 amide bonds. The zero-order valence-corrected chi connectivity index (χ0v) is 18.6. The largest absolute Gasteiger partial charge is 0.497 e. The first-order chi connectivity index (χ1) is 15.0. The first kappa shape index (κ1) is 21.2. The first-order valence-electron chi connectivity index (χ1n) is 9.58. The highest BCUT2D eigenvalue weighted by molar-refractivity contribution is 7.91. The van der Waals surface area contributed by atoms with Crippen LogP contribution in [-0.4, -0.2) is 48.5 Å². The van der Waals surface area contributed by atoms with Crippen LogP contribution in [0.3, 0.4) is 0 Å². The molecule has 0 radical (unpaired) electrons. The van der Waals surface area contributed by atoms with Gasteiger partial charge < -0.3 is 9.47 Å². The van der Waals surface area contributed by atoms with Crippen molar-refractivity contribution in [3.05, 3.63) is 53.4 Å². The first-order valence-corrected chi connectivity index (χ1v) is 11.9. The molecular formula is C20H21N5O4S2. The molecule has 0 aliphatic rings. The molecule has 0 aliphatic carbocycles. The number of sulfonamides is 1. The lowest BCUT2D eigenvalue weighted by Crippen LogP contribution is -2.27. The predicted octanol–water partition coefficient (Wildman–Crippen LogP) is 2.78. The van der Waals surface area contributed by atoms with Gasteiger partial charge in [-0.05, 0) is 48.9 Å². The van der Waals surface area contributed by atoms with Crippen molar-refractivity contribution in [3.8, 4) is 23.0 Å². The number of hydrogen-bond acceptors (Lipinski definition) is 8. The Bertz CT molecular complexity index is 1280. The van der Waals surface area contributed by atoms with E-state index in [1.54, 1.807) is 29.8 Å². The molecule has 31 heavy (non-hydrogen) atoms. The summed E-state index contributed by atoms with van der Waals surface area (Å²) in [4.78, 5) is 1.02. The van der Waals surface area contributed by atoms with E-state index in [0.717, 1.165) is 22.6 Å². The number of methoxy groups -OCH3 is 1. The number of ether oxygens (including phenoxy) is 2. The number of nitrogens with zero attached hydrogens (tertiary/aromatic N) is 4. The average Bonchev–Trinajstić information content (AvgIpc) is 3.44. The second kappa shape index (κ2) is 9.00. The van der Waals surface area contributed by atoms with E-state index in [1.165, 1.54) is 11.3 Å². The van der Waals surface area contributed by atoms with E-state index in [-0.39, 0.29) is 13.2 Å². The highest BCUT2D eigenvalue weighted by Crippen LogP contribution is 2.23. The number of hydrogen-bond donors (Lipinski definition) is 1. The predicted molar refractivity (Wildman–Crippen MR) is 117 cm³/mol. The quantitative estimate of drug-likeness (QED) is 0.384. The minimum absolute atomic E-state index is 0.120. The Morgan fingerprint density at radius 2 is 1.87 bits per heavy atom. The van der Waals surface area contributed by atoms with Gasteiger partial charge in [-0.3, -0.25) is 0 Å². The SMILES string of the molecule is CCc1ccc(S(=O)(=O)NCCOc2ccc3nnc(-c4ccc(OC)cc4)n3n2)s1. The molecule has 0 fully saturated rings. The molecule has 1 aromatic carbocycles. The molecule has 0 saturated carbocycles. The second-order valence-corrected chi connectivity index (χ2v) is 9.68. The van der Waals surface area contributed by atoms with Crippen LogP contribution in [0.2, 0.25) is 0 Å². The van der Waals surface area contributed by atoms with Crippen molar-refractivity contribution in [1.29, 1.82) is 0 Å². The van der Waals surface area contributed by atoms with Crippen molar-refractivity contribution >= 4 is 27.0 Å². The van der Waals surface area contributed by atoms with Crippen LogP contribution >= 0.6 is 11.3 Å². The molecule has 1 N–H and O–H groups in total. The molecule has 0 bridgehead atoms. The zero-order chi connectivity index (χ0) is 21.8. The summed E-state index contributed by atoms with van der Waals surface area (Å²) in [6.45, 7) is 2.24. The molecule has 0 unspecified atom stereocenters. The topological polar surface area (TPSA) is 108 Å². The van der Waals surface area contributed by atoms with Gasteiger partial charge in [0.1, 0.15) is 16.6 Å². The Morgan fingerprint density at radius 3 is 2.58 bits per heavy atom. The summed E-state index contributed by atoms with van der Waals surface area (Å²) in [5.74, 6) is 1.64. The number of nitrogens with one attached hydrogen (secondary N) is 1. The summed E-state index contributed by atoms with van der Waals surface area (Å²) in [7, 11) is -1.94. The van der Waals surface area contributed by atoms with E-state index in [9.17, 15) is 8.42 Å². The third-order valence-corrected chi connectivity index (χ3v) is 7.66. The van der Waals surface area contributed by atoms with Crippen molar-refractivity contribution in [3.63, 3.8) is 0 Å². The minimum atomic E-state index is -3.55. The molecule has 11 heteroatoms. The Hall–Kier alpha value is -3.02. The van der Waals surface area contributed by atoms with Gasteiger partial charge in [0.25, 0.3) is 0 Å². The Morgan fingerprint density at radius 1 is 1.06 bits per heavy atom. The Balaban J connectivity index is 1.42. The van der Waals surface area contributed by atoms with Crippen LogP contribution in [0.25, 0.3) is 17.0 Å². The molecule has 3 heterocycles. The van der Waals surface area contributed by atoms with Gasteiger partial charge in [-0.2, -0.15) is 4.52 Å². The molecule has 0 spiro atoms. The number of aromatic nitrogens is 4. The fraction of sp³-hybridized carbons (Fsp3) is 0.250. The standard InChI is InChI=1S/C20H21N5O4S2/c1-3-16-8-11-19(30-16)31(26,27)21-12-13-29-18-10-9-17-22-23-20(25(17)24-18)14-4-6-15(28-2)7-5-14/h4-11,21H,3,12-13H2,1-2H3. The molecule has 0 saturated heterocycles. The number of aryl methyl sites for hydroxylation is 1. The van der Waals surface area contributed by atoms with Crippen LogP contribution in [0, 0.1) is 0 Å². The number of rotatable bonds is 9. The van der Waals surface area contributed by atoms with E-state index in [4.69, 9.17) is 9.47 Å². The molecule has 162 valence electrons. The molecule has 4 rings (SSSR count). The second-order valence-electron chi connectivity index (χ2n) is 6.51. The molecule has 4 aromatic rings. The Labute approximate surface area is 183 Å². The number of fused-ring (bicyclic) bond motifs is 1. The van der Waals surface area contributed by atoms with Gasteiger partial charge in [-0.15, -0.1) is 26.6 Å². The van der Waals surface area contributed by atoms with Gasteiger partial charge >= 0.3 is 0 Å². The molecule has 0 atom stereocenters. The van der Waals surface area contributed by atoms with Gasteiger partial charge in [-0.25, -0.2) is 13.1 Å². The van der Waals surface area contributed by atoms with Crippen molar-refractivity contribution in [2.24, 2.45) is 0 Å². The summed E-state index contributed by atoms with van der Waals surface area (Å²) in [6.07, 6.45) is 0.805. The lowest BCUT2D eigenvalue weighted by atomic mass is 10.2. The lowest BCUT2D eigenvalue weighted by Gasteiger charge is -2.07. The van der Waals surface area contributed by atoms with Gasteiger partial charge in [0, 0.05) is 23.1 Å². The van der Waals surface area contributed by atoms with Crippen LogP contribution in [0.4, 0.5) is 0 Å². The van der Waals surface area contributed by atoms with Crippen LogP contribution < -0.4 is 14.2 Å². The summed E-state index contributed by atoms with van der Waals surface area (Å²) >= 11 is 1.27. The summed E-state index contributed by atoms with van der Waals surface area (Å²) in [5.41, 5.74) is 1.40. The lowest BCUT2D eigenvalue weighted by molar-refractivity contribution is 0.306. The van der Waals surface area contributed by atoms with Gasteiger partial charge in [0.05, 0.1) is 7.11 Å². The van der Waals surface area contributed by atoms with Crippen molar-refractivity contribution in [2.45, 2.75) is 17.6 Å². The fourth-order valence-corrected chi connectivity index (χ4v) is 5.22. The van der Waals surface area contributed by atoms with E-state index >= 15 is 0 Å². The average molecular weight is 460 g/mol. The fourth-order valence-electron chi connectivity index (χ4n) is 2.86. The maximum Gasteiger partial charge on any atom is 0.250 e. The van der Waals surface area contributed by atoms with Gasteiger partial charge in [-0.1, -0.05) is 6.92 Å². The summed E-state index contributed by atoms with van der Waals surface area (Å²) in [5, 5.41) is 12.7. The third-order valence-electron chi connectivity index (χ3n) is 4.48. The smallest absolute Gasteiger partial charge is 0.250 e. The van der Waals surface area contributed by atoms with Crippen LogP contribution in [0.5, 0.6) is 11.6 Å². The zero-order valence-electron chi connectivity index (χ0n) is 17.0. The number of thiophene rings is 1. The molecule has 9 nitrogen and oxygen atoms in total. The van der Waals surface area contributed by atoms with E-state index in [2.05, 4.69) is 20.0 Å². The van der Waals surface area contributed by atoms with Gasteiger partial charge in [0.15, 0.2) is 11.5 Å².